The molecule has 1 atom stereocenters. The molecule has 30 heavy (non-hydrogen) atoms. The molecular weight excluding hydrogens is 412 g/mol. The number of nitrogens with zero attached hydrogens (tertiary/aromatic N) is 4. The lowest BCUT2D eigenvalue weighted by Gasteiger charge is -2.29. The van der Waals surface area contributed by atoms with Crippen LogP contribution in [0.4, 0.5) is 0 Å². The molecule has 0 saturated heterocycles. The molecule has 4 rings (SSSR count). The third-order valence-electron chi connectivity index (χ3n) is 5.59. The van der Waals surface area contributed by atoms with Crippen LogP contribution < -0.4 is 0 Å². The van der Waals surface area contributed by atoms with E-state index in [0.29, 0.717) is 6.54 Å². The first-order valence-corrected chi connectivity index (χ1v) is 12.0. The molecule has 1 unspecified atom stereocenters. The van der Waals surface area contributed by atoms with Gasteiger partial charge in [0, 0.05) is 30.6 Å². The minimum atomic E-state index is -0.204. The largest absolute Gasteiger partial charge is 0.337 e. The fourth-order valence-electron chi connectivity index (χ4n) is 3.69. The summed E-state index contributed by atoms with van der Waals surface area (Å²) in [6, 6.07) is 10.6. The van der Waals surface area contributed by atoms with Gasteiger partial charge >= 0.3 is 0 Å². The molecule has 1 aliphatic rings. The van der Waals surface area contributed by atoms with Crippen molar-refractivity contribution in [1.82, 2.24) is 19.7 Å². The molecule has 1 amide bonds. The van der Waals surface area contributed by atoms with Gasteiger partial charge in [0.1, 0.15) is 0 Å². The molecule has 0 N–H and O–H groups in total. The summed E-state index contributed by atoms with van der Waals surface area (Å²) >= 11 is 3.27. The number of benzene rings is 1. The Morgan fingerprint density at radius 3 is 2.60 bits per heavy atom. The molecule has 3 aromatic rings. The Morgan fingerprint density at radius 2 is 1.90 bits per heavy atom. The molecule has 0 radical (unpaired) electrons. The highest BCUT2D eigenvalue weighted by Crippen LogP contribution is 2.30. The lowest BCUT2D eigenvalue weighted by molar-refractivity contribution is -0.131. The van der Waals surface area contributed by atoms with Gasteiger partial charge in [0.05, 0.1) is 5.25 Å². The van der Waals surface area contributed by atoms with Crippen molar-refractivity contribution in [3.8, 4) is 11.4 Å². The Kier molecular flexibility index (Phi) is 5.77. The monoisotopic (exact) mass is 440 g/mol. The van der Waals surface area contributed by atoms with Gasteiger partial charge in [-0.05, 0) is 41.3 Å². The molecule has 0 aliphatic carbocycles. The Bertz CT molecular complexity index is 1050. The molecule has 158 valence electrons. The van der Waals surface area contributed by atoms with Gasteiger partial charge in [-0.1, -0.05) is 56.8 Å². The van der Waals surface area contributed by atoms with Gasteiger partial charge in [0.2, 0.25) is 5.91 Å². The fraction of sp³-hybridized carbons (Fsp3) is 0.435. The third-order valence-corrected chi connectivity index (χ3v) is 7.74. The standard InChI is InChI=1S/C23H28N4OS2/c1-15(21(28)27-12-10-19-17(14-27)11-13-29-19)30-22-25-24-20(26(22)5)16-6-8-18(9-7-16)23(2,3)4/h6-9,11,13,15H,10,12,14H2,1-5H3. The van der Waals surface area contributed by atoms with E-state index in [1.54, 1.807) is 11.3 Å². The normalized spacial score (nSPS) is 15.2. The fourth-order valence-corrected chi connectivity index (χ4v) is 5.48. The van der Waals surface area contributed by atoms with E-state index in [4.69, 9.17) is 0 Å². The van der Waals surface area contributed by atoms with E-state index in [2.05, 4.69) is 66.7 Å². The Hall–Kier alpha value is -2.12. The van der Waals surface area contributed by atoms with Crippen molar-refractivity contribution >= 4 is 29.0 Å². The lowest BCUT2D eigenvalue weighted by Crippen LogP contribution is -2.39. The zero-order chi connectivity index (χ0) is 21.5. The van der Waals surface area contributed by atoms with Gasteiger partial charge in [-0.25, -0.2) is 0 Å². The van der Waals surface area contributed by atoms with Crippen molar-refractivity contribution in [3.63, 3.8) is 0 Å². The summed E-state index contributed by atoms with van der Waals surface area (Å²) in [4.78, 5) is 16.4. The SMILES string of the molecule is CC(Sc1nnc(-c2ccc(C(C)(C)C)cc2)n1C)C(=O)N1CCc2sccc2C1. The third kappa shape index (κ3) is 4.18. The molecule has 0 spiro atoms. The predicted octanol–water partition coefficient (Wildman–Crippen LogP) is 4.91. The smallest absolute Gasteiger partial charge is 0.236 e. The number of thiophene rings is 1. The Morgan fingerprint density at radius 1 is 1.17 bits per heavy atom. The number of thioether (sulfide) groups is 1. The molecule has 3 heterocycles. The van der Waals surface area contributed by atoms with Crippen molar-refractivity contribution in [2.24, 2.45) is 7.05 Å². The number of aromatic nitrogens is 3. The first-order valence-electron chi connectivity index (χ1n) is 10.2. The van der Waals surface area contributed by atoms with Crippen LogP contribution in [0.5, 0.6) is 0 Å². The highest BCUT2D eigenvalue weighted by atomic mass is 32.2. The lowest BCUT2D eigenvalue weighted by atomic mass is 9.87. The Labute approximate surface area is 186 Å². The number of rotatable bonds is 4. The maximum atomic E-state index is 13.0. The van der Waals surface area contributed by atoms with E-state index in [9.17, 15) is 4.79 Å². The van der Waals surface area contributed by atoms with Crippen LogP contribution in [-0.4, -0.2) is 37.4 Å². The first kappa shape index (κ1) is 21.1. The van der Waals surface area contributed by atoms with E-state index in [1.807, 2.05) is 23.4 Å². The van der Waals surface area contributed by atoms with Gasteiger partial charge in [0.15, 0.2) is 11.0 Å². The summed E-state index contributed by atoms with van der Waals surface area (Å²) < 4.78 is 1.98. The van der Waals surface area contributed by atoms with Crippen LogP contribution in [0.25, 0.3) is 11.4 Å². The van der Waals surface area contributed by atoms with Gasteiger partial charge in [-0.2, -0.15) is 0 Å². The summed E-state index contributed by atoms with van der Waals surface area (Å²) in [5, 5.41) is 11.4. The van der Waals surface area contributed by atoms with Crippen LogP contribution in [0.2, 0.25) is 0 Å². The summed E-state index contributed by atoms with van der Waals surface area (Å²) in [6.07, 6.45) is 0.953. The average molecular weight is 441 g/mol. The van der Waals surface area contributed by atoms with Gasteiger partial charge in [0.25, 0.3) is 0 Å². The second-order valence-electron chi connectivity index (χ2n) is 8.83. The summed E-state index contributed by atoms with van der Waals surface area (Å²) in [7, 11) is 1.96. The first-order chi connectivity index (χ1) is 14.2. The molecule has 1 aromatic carbocycles. The van der Waals surface area contributed by atoms with Crippen LogP contribution in [0.3, 0.4) is 0 Å². The van der Waals surface area contributed by atoms with Crippen molar-refractivity contribution in [1.29, 1.82) is 0 Å². The summed E-state index contributed by atoms with van der Waals surface area (Å²) in [5.74, 6) is 0.981. The molecule has 7 heteroatoms. The van der Waals surface area contributed by atoms with E-state index in [0.717, 1.165) is 29.5 Å². The van der Waals surface area contributed by atoms with E-state index in [-0.39, 0.29) is 16.6 Å². The second-order valence-corrected chi connectivity index (χ2v) is 11.1. The molecule has 5 nitrogen and oxygen atoms in total. The van der Waals surface area contributed by atoms with E-state index < -0.39 is 0 Å². The molecule has 0 fully saturated rings. The molecule has 0 saturated carbocycles. The molecular formula is C23H28N4OS2. The quantitative estimate of drug-likeness (QED) is 0.541. The number of carbonyl (C=O) groups is 1. The zero-order valence-electron chi connectivity index (χ0n) is 18.2. The second kappa shape index (κ2) is 8.19. The highest BCUT2D eigenvalue weighted by molar-refractivity contribution is 8.00. The van der Waals surface area contributed by atoms with Crippen LogP contribution >= 0.6 is 23.1 Å². The number of hydrogen-bond donors (Lipinski definition) is 0. The van der Waals surface area contributed by atoms with Crippen LogP contribution in [-0.2, 0) is 30.2 Å². The van der Waals surface area contributed by atoms with E-state index >= 15 is 0 Å². The molecule has 1 aliphatic heterocycles. The van der Waals surface area contributed by atoms with Gasteiger partial charge in [-0.3, -0.25) is 4.79 Å². The van der Waals surface area contributed by atoms with Crippen molar-refractivity contribution in [3.05, 3.63) is 51.7 Å². The zero-order valence-corrected chi connectivity index (χ0v) is 19.8. The minimum Gasteiger partial charge on any atom is -0.337 e. The number of amides is 1. The van der Waals surface area contributed by atoms with Crippen molar-refractivity contribution in [2.75, 3.05) is 6.54 Å². The maximum absolute atomic E-state index is 13.0. The van der Waals surface area contributed by atoms with Crippen molar-refractivity contribution < 1.29 is 4.79 Å². The van der Waals surface area contributed by atoms with Crippen LogP contribution in [0, 0.1) is 0 Å². The van der Waals surface area contributed by atoms with Gasteiger partial charge in [-0.15, -0.1) is 21.5 Å². The van der Waals surface area contributed by atoms with Crippen LogP contribution in [0.1, 0.15) is 43.7 Å². The maximum Gasteiger partial charge on any atom is 0.236 e. The Balaban J connectivity index is 1.45. The molecule has 0 bridgehead atoms. The highest BCUT2D eigenvalue weighted by Gasteiger charge is 2.27. The van der Waals surface area contributed by atoms with E-state index in [1.165, 1.54) is 27.8 Å². The topological polar surface area (TPSA) is 51.0 Å². The number of hydrogen-bond acceptors (Lipinski definition) is 5. The average Bonchev–Trinajstić information content (AvgIpc) is 3.33. The summed E-state index contributed by atoms with van der Waals surface area (Å²) in [5.41, 5.74) is 3.73. The van der Waals surface area contributed by atoms with Crippen LogP contribution in [0.15, 0.2) is 40.9 Å². The molecule has 2 aromatic heterocycles. The minimum absolute atomic E-state index is 0.119. The van der Waals surface area contributed by atoms with Crippen molar-refractivity contribution in [2.45, 2.75) is 56.5 Å². The summed E-state index contributed by atoms with van der Waals surface area (Å²) in [6.45, 7) is 10.1. The predicted molar refractivity (Wildman–Crippen MR) is 124 cm³/mol. The van der Waals surface area contributed by atoms with Gasteiger partial charge < -0.3 is 9.47 Å². The number of carbonyl (C=O) groups excluding carboxylic acids is 1. The number of fused-ring (bicyclic) bond motifs is 1.